The number of hydrogen-bond donors (Lipinski definition) is 4. The van der Waals surface area contributed by atoms with E-state index in [-0.39, 0.29) is 18.1 Å². The van der Waals surface area contributed by atoms with Crippen molar-refractivity contribution in [1.29, 1.82) is 0 Å². The highest BCUT2D eigenvalue weighted by Crippen LogP contribution is 2.05. The third-order valence-corrected chi connectivity index (χ3v) is 3.21. The number of nitrogens with two attached hydrogens (primary N) is 1. The number of hydrogen-bond acceptors (Lipinski definition) is 5. The average Bonchev–Trinajstić information content (AvgIpc) is 2.45. The number of Topliss-reactive ketones (excluding diaryl/α,β-unsaturated/α-hetero) is 1. The first kappa shape index (κ1) is 20.0. The Hall–Kier alpha value is -1.96. The van der Waals surface area contributed by atoms with Crippen molar-refractivity contribution in [3.63, 3.8) is 0 Å². The van der Waals surface area contributed by atoms with Crippen LogP contribution in [0.1, 0.15) is 34.1 Å². The van der Waals surface area contributed by atoms with Crippen molar-refractivity contribution < 1.29 is 19.2 Å². The molecule has 3 amide bonds. The highest BCUT2D eigenvalue weighted by molar-refractivity contribution is 5.93. The number of carbonyl (C=O) groups excluding carboxylic acids is 4. The first-order valence-corrected chi connectivity index (χ1v) is 7.20. The topological polar surface area (TPSA) is 130 Å². The van der Waals surface area contributed by atoms with Gasteiger partial charge in [-0.15, -0.1) is 0 Å². The van der Waals surface area contributed by atoms with Crippen molar-refractivity contribution in [3.05, 3.63) is 0 Å². The Labute approximate surface area is 130 Å². The van der Waals surface area contributed by atoms with Crippen LogP contribution in [0.4, 0.5) is 0 Å². The lowest BCUT2D eigenvalue weighted by atomic mass is 10.0. The first-order chi connectivity index (χ1) is 10.1. The molecule has 8 nitrogen and oxygen atoms in total. The van der Waals surface area contributed by atoms with Gasteiger partial charge < -0.3 is 21.7 Å². The van der Waals surface area contributed by atoms with Gasteiger partial charge in [-0.25, -0.2) is 0 Å². The quantitative estimate of drug-likeness (QED) is 0.441. The summed E-state index contributed by atoms with van der Waals surface area (Å²) in [6.45, 7) is 6.19. The molecule has 0 aromatic rings. The molecule has 0 aliphatic heterocycles. The fourth-order valence-corrected chi connectivity index (χ4v) is 1.62. The first-order valence-electron chi connectivity index (χ1n) is 7.20. The second-order valence-corrected chi connectivity index (χ2v) is 5.43. The number of amides is 3. The van der Waals surface area contributed by atoms with E-state index in [1.165, 1.54) is 20.9 Å². The van der Waals surface area contributed by atoms with Gasteiger partial charge in [0.1, 0.15) is 17.9 Å². The number of carbonyl (C=O) groups is 4. The minimum atomic E-state index is -0.813. The van der Waals surface area contributed by atoms with Gasteiger partial charge in [-0.05, 0) is 20.8 Å². The molecule has 0 aliphatic rings. The minimum Gasteiger partial charge on any atom is -0.357 e. The molecule has 8 heteroatoms. The molecular weight excluding hydrogens is 288 g/mol. The Morgan fingerprint density at radius 3 is 1.77 bits per heavy atom. The maximum absolute atomic E-state index is 11.9. The van der Waals surface area contributed by atoms with E-state index in [4.69, 9.17) is 5.73 Å². The molecule has 0 radical (unpaired) electrons. The lowest BCUT2D eigenvalue weighted by Gasteiger charge is -2.19. The molecule has 0 rings (SSSR count). The summed E-state index contributed by atoms with van der Waals surface area (Å²) >= 11 is 0. The summed E-state index contributed by atoms with van der Waals surface area (Å²) in [4.78, 5) is 46.6. The fraction of sp³-hybridized carbons (Fsp3) is 0.714. The van der Waals surface area contributed by atoms with E-state index in [1.807, 2.05) is 0 Å². The van der Waals surface area contributed by atoms with Crippen LogP contribution < -0.4 is 21.7 Å². The Bertz CT molecular complexity index is 437. The largest absolute Gasteiger partial charge is 0.357 e. The van der Waals surface area contributed by atoms with E-state index in [0.717, 1.165) is 0 Å². The van der Waals surface area contributed by atoms with E-state index in [1.54, 1.807) is 13.8 Å². The molecule has 22 heavy (non-hydrogen) atoms. The summed E-state index contributed by atoms with van der Waals surface area (Å²) in [6.07, 6.45) is 0.0203. The monoisotopic (exact) mass is 314 g/mol. The normalized spacial score (nSPS) is 15.9. The van der Waals surface area contributed by atoms with Gasteiger partial charge in [-0.3, -0.25) is 19.2 Å². The third kappa shape index (κ3) is 6.66. The van der Waals surface area contributed by atoms with Crippen LogP contribution in [-0.2, 0) is 19.2 Å². The van der Waals surface area contributed by atoms with Crippen LogP contribution in [0.25, 0.3) is 0 Å². The average molecular weight is 314 g/mol. The van der Waals surface area contributed by atoms with Crippen molar-refractivity contribution in [2.45, 2.75) is 52.2 Å². The van der Waals surface area contributed by atoms with Gasteiger partial charge in [0.05, 0.1) is 6.04 Å². The molecule has 0 spiro atoms. The van der Waals surface area contributed by atoms with Gasteiger partial charge in [-0.1, -0.05) is 6.92 Å². The number of rotatable bonds is 8. The van der Waals surface area contributed by atoms with Crippen molar-refractivity contribution in [2.24, 2.45) is 11.7 Å². The maximum Gasteiger partial charge on any atom is 0.242 e. The Morgan fingerprint density at radius 1 is 0.864 bits per heavy atom. The van der Waals surface area contributed by atoms with Crippen LogP contribution in [0.2, 0.25) is 0 Å². The molecule has 0 aromatic heterocycles. The van der Waals surface area contributed by atoms with E-state index >= 15 is 0 Å². The summed E-state index contributed by atoms with van der Waals surface area (Å²) in [5.74, 6) is -2.01. The van der Waals surface area contributed by atoms with E-state index < -0.39 is 35.9 Å². The van der Waals surface area contributed by atoms with E-state index in [0.29, 0.717) is 0 Å². The van der Waals surface area contributed by atoms with Gasteiger partial charge in [-0.2, -0.15) is 0 Å². The smallest absolute Gasteiger partial charge is 0.242 e. The van der Waals surface area contributed by atoms with Crippen LogP contribution in [-0.4, -0.2) is 48.7 Å². The Balaban J connectivity index is 4.42. The molecule has 0 aliphatic carbocycles. The van der Waals surface area contributed by atoms with Crippen LogP contribution in [0.3, 0.4) is 0 Å². The van der Waals surface area contributed by atoms with Gasteiger partial charge in [0.2, 0.25) is 17.7 Å². The molecule has 4 unspecified atom stereocenters. The van der Waals surface area contributed by atoms with Crippen LogP contribution in [0.15, 0.2) is 0 Å². The van der Waals surface area contributed by atoms with Crippen LogP contribution >= 0.6 is 0 Å². The molecule has 0 saturated heterocycles. The van der Waals surface area contributed by atoms with Gasteiger partial charge in [0.25, 0.3) is 0 Å². The fourth-order valence-electron chi connectivity index (χ4n) is 1.62. The summed E-state index contributed by atoms with van der Waals surface area (Å²) in [5, 5.41) is 7.40. The van der Waals surface area contributed by atoms with Crippen molar-refractivity contribution in [1.82, 2.24) is 16.0 Å². The molecule has 0 saturated carbocycles. The lowest BCUT2D eigenvalue weighted by Crippen LogP contribution is -2.52. The van der Waals surface area contributed by atoms with Gasteiger partial charge >= 0.3 is 0 Å². The van der Waals surface area contributed by atoms with E-state index in [9.17, 15) is 19.2 Å². The zero-order chi connectivity index (χ0) is 17.4. The molecule has 0 aromatic carbocycles. The predicted molar refractivity (Wildman–Crippen MR) is 81.7 cm³/mol. The van der Waals surface area contributed by atoms with Gasteiger partial charge in [0, 0.05) is 19.4 Å². The Morgan fingerprint density at radius 2 is 1.32 bits per heavy atom. The van der Waals surface area contributed by atoms with Gasteiger partial charge in [0.15, 0.2) is 0 Å². The number of ketones is 1. The maximum atomic E-state index is 11.9. The molecular formula is C14H26N4O4. The third-order valence-electron chi connectivity index (χ3n) is 3.21. The highest BCUT2D eigenvalue weighted by atomic mass is 16.2. The van der Waals surface area contributed by atoms with Crippen molar-refractivity contribution in [2.75, 3.05) is 7.05 Å². The standard InChI is InChI=1S/C14H26N4O4/c1-7(6-11(19)8(2)15)12(20)17-10(4)14(22)18-9(3)13(21)16-5/h7-10H,6,15H2,1-5H3,(H,16,21)(H,17,20)(H,18,22). The van der Waals surface area contributed by atoms with Crippen molar-refractivity contribution in [3.8, 4) is 0 Å². The molecule has 0 heterocycles. The summed E-state index contributed by atoms with van der Waals surface area (Å²) in [6, 6.07) is -2.13. The molecule has 0 bridgehead atoms. The van der Waals surface area contributed by atoms with Crippen LogP contribution in [0.5, 0.6) is 0 Å². The van der Waals surface area contributed by atoms with E-state index in [2.05, 4.69) is 16.0 Å². The second-order valence-electron chi connectivity index (χ2n) is 5.43. The highest BCUT2D eigenvalue weighted by Gasteiger charge is 2.24. The zero-order valence-electron chi connectivity index (χ0n) is 13.7. The zero-order valence-corrected chi connectivity index (χ0v) is 13.7. The Kier molecular flexibility index (Phi) is 8.32. The minimum absolute atomic E-state index is 0.0203. The van der Waals surface area contributed by atoms with Crippen LogP contribution in [0, 0.1) is 5.92 Å². The second kappa shape index (κ2) is 9.14. The number of likely N-dealkylation sites (N-methyl/N-ethyl adjacent to an activating group) is 1. The molecule has 0 fully saturated rings. The summed E-state index contributed by atoms with van der Waals surface area (Å²) in [5.41, 5.74) is 5.45. The SMILES string of the molecule is CNC(=O)C(C)NC(=O)C(C)NC(=O)C(C)CC(=O)C(C)N. The summed E-state index contributed by atoms with van der Waals surface area (Å²) < 4.78 is 0. The lowest BCUT2D eigenvalue weighted by molar-refractivity contribution is -0.133. The molecule has 4 atom stereocenters. The molecule has 5 N–H and O–H groups in total. The number of nitrogens with one attached hydrogen (secondary N) is 3. The van der Waals surface area contributed by atoms with Crippen molar-refractivity contribution >= 4 is 23.5 Å². The summed E-state index contributed by atoms with van der Waals surface area (Å²) in [7, 11) is 1.47. The molecule has 126 valence electrons. The predicted octanol–water partition coefficient (Wildman–Crippen LogP) is -1.32.